The Morgan fingerprint density at radius 1 is 1.04 bits per heavy atom. The number of hydrogen-bond acceptors (Lipinski definition) is 3. The molecule has 0 saturated carbocycles. The lowest BCUT2D eigenvalue weighted by molar-refractivity contribution is 1.30. The van der Waals surface area contributed by atoms with Crippen LogP contribution in [0.25, 0.3) is 22.4 Å². The third kappa shape index (κ3) is 2.97. The van der Waals surface area contributed by atoms with E-state index in [1.54, 1.807) is 0 Å². The summed E-state index contributed by atoms with van der Waals surface area (Å²) in [6.45, 7) is 4.04. The molecule has 0 radical (unpaired) electrons. The number of rotatable bonds is 2. The lowest BCUT2D eigenvalue weighted by atomic mass is 9.94. The van der Waals surface area contributed by atoms with Gasteiger partial charge in [-0.2, -0.15) is 5.26 Å². The molecule has 2 aromatic carbocycles. The molecule has 4 heteroatoms. The maximum Gasteiger partial charge on any atom is 0.142 e. The Hall–Kier alpha value is -2.83. The summed E-state index contributed by atoms with van der Waals surface area (Å²) in [7, 11) is 0. The van der Waals surface area contributed by atoms with E-state index < -0.39 is 0 Å². The van der Waals surface area contributed by atoms with Gasteiger partial charge in [0.15, 0.2) is 0 Å². The molecule has 0 bridgehead atoms. The zero-order chi connectivity index (χ0) is 17.3. The number of nitrogen functional groups attached to an aromatic ring is 1. The number of aromatic nitrogens is 1. The van der Waals surface area contributed by atoms with Crippen LogP contribution in [0, 0.1) is 25.2 Å². The van der Waals surface area contributed by atoms with Crippen LogP contribution in [0.5, 0.6) is 0 Å². The number of nitrogens with zero attached hydrogens (tertiary/aromatic N) is 2. The van der Waals surface area contributed by atoms with Gasteiger partial charge in [0.05, 0.1) is 5.69 Å². The van der Waals surface area contributed by atoms with E-state index >= 15 is 0 Å². The molecule has 1 aromatic heterocycles. The molecular formula is C20H16ClN3. The zero-order valence-electron chi connectivity index (χ0n) is 13.5. The van der Waals surface area contributed by atoms with Crippen LogP contribution in [0.1, 0.15) is 16.7 Å². The topological polar surface area (TPSA) is 62.7 Å². The van der Waals surface area contributed by atoms with Crippen LogP contribution in [-0.2, 0) is 0 Å². The first kappa shape index (κ1) is 16.0. The summed E-state index contributed by atoms with van der Waals surface area (Å²) in [5.74, 6) is 0.228. The minimum absolute atomic E-state index is 0.228. The highest BCUT2D eigenvalue weighted by Crippen LogP contribution is 2.33. The van der Waals surface area contributed by atoms with Crippen molar-refractivity contribution >= 4 is 17.4 Å². The van der Waals surface area contributed by atoms with Crippen molar-refractivity contribution < 1.29 is 0 Å². The number of hydrogen-bond donors (Lipinski definition) is 1. The molecule has 0 aliphatic heterocycles. The molecule has 118 valence electrons. The van der Waals surface area contributed by atoms with Crippen molar-refractivity contribution in [3.63, 3.8) is 0 Å². The van der Waals surface area contributed by atoms with Gasteiger partial charge in [0, 0.05) is 16.1 Å². The molecule has 0 unspecified atom stereocenters. The number of aryl methyl sites for hydroxylation is 2. The van der Waals surface area contributed by atoms with E-state index in [-0.39, 0.29) is 5.82 Å². The number of anilines is 1. The fourth-order valence-electron chi connectivity index (χ4n) is 2.72. The molecule has 0 amide bonds. The molecule has 0 aliphatic carbocycles. The standard InChI is InChI=1S/C20H16ClN3/c1-12-6-7-13(2)16(8-12)17-10-19(24-20(23)18(17)11-22)14-4-3-5-15(21)9-14/h3-10H,1-2H3,(H2,23,24). The van der Waals surface area contributed by atoms with E-state index in [0.717, 1.165) is 27.8 Å². The molecule has 0 saturated heterocycles. The quantitative estimate of drug-likeness (QED) is 0.706. The lowest BCUT2D eigenvalue weighted by Crippen LogP contribution is -2.00. The number of nitrogens with two attached hydrogens (primary N) is 1. The molecule has 0 spiro atoms. The second-order valence-corrected chi connectivity index (χ2v) is 6.19. The molecular weight excluding hydrogens is 318 g/mol. The smallest absolute Gasteiger partial charge is 0.142 e. The van der Waals surface area contributed by atoms with Crippen molar-refractivity contribution in [2.75, 3.05) is 5.73 Å². The number of pyridine rings is 1. The van der Waals surface area contributed by atoms with Gasteiger partial charge in [-0.25, -0.2) is 4.98 Å². The van der Waals surface area contributed by atoms with E-state index in [2.05, 4.69) is 17.1 Å². The third-order valence-corrected chi connectivity index (χ3v) is 4.20. The second-order valence-electron chi connectivity index (χ2n) is 5.76. The Kier molecular flexibility index (Phi) is 4.24. The van der Waals surface area contributed by atoms with Gasteiger partial charge in [-0.05, 0) is 43.2 Å². The SMILES string of the molecule is Cc1ccc(C)c(-c2cc(-c3cccc(Cl)c3)nc(N)c2C#N)c1. The Bertz CT molecular complexity index is 971. The van der Waals surface area contributed by atoms with Crippen LogP contribution in [0.3, 0.4) is 0 Å². The highest BCUT2D eigenvalue weighted by Gasteiger charge is 2.15. The Balaban J connectivity index is 2.29. The van der Waals surface area contributed by atoms with Crippen molar-refractivity contribution in [2.45, 2.75) is 13.8 Å². The minimum atomic E-state index is 0.228. The van der Waals surface area contributed by atoms with E-state index in [4.69, 9.17) is 17.3 Å². The van der Waals surface area contributed by atoms with Crippen molar-refractivity contribution in [3.05, 3.63) is 70.2 Å². The first-order chi connectivity index (χ1) is 11.5. The number of nitriles is 1. The van der Waals surface area contributed by atoms with Gasteiger partial charge < -0.3 is 5.73 Å². The van der Waals surface area contributed by atoms with E-state index in [9.17, 15) is 5.26 Å². The Morgan fingerprint density at radius 3 is 2.54 bits per heavy atom. The van der Waals surface area contributed by atoms with Crippen molar-refractivity contribution in [1.82, 2.24) is 4.98 Å². The van der Waals surface area contributed by atoms with E-state index in [1.165, 1.54) is 0 Å². The summed E-state index contributed by atoms with van der Waals surface area (Å²) in [6.07, 6.45) is 0. The van der Waals surface area contributed by atoms with Crippen LogP contribution < -0.4 is 5.73 Å². The van der Waals surface area contributed by atoms with Crippen molar-refractivity contribution in [1.29, 1.82) is 5.26 Å². The van der Waals surface area contributed by atoms with Gasteiger partial charge >= 0.3 is 0 Å². The normalized spacial score (nSPS) is 10.4. The second kappa shape index (κ2) is 6.35. The Labute approximate surface area is 146 Å². The van der Waals surface area contributed by atoms with Gasteiger partial charge in [0.2, 0.25) is 0 Å². The summed E-state index contributed by atoms with van der Waals surface area (Å²) < 4.78 is 0. The summed E-state index contributed by atoms with van der Waals surface area (Å²) in [5.41, 5.74) is 12.0. The molecule has 3 nitrogen and oxygen atoms in total. The van der Waals surface area contributed by atoms with Crippen LogP contribution in [0.2, 0.25) is 5.02 Å². The van der Waals surface area contributed by atoms with Gasteiger partial charge in [0.1, 0.15) is 17.5 Å². The average Bonchev–Trinajstić information content (AvgIpc) is 2.56. The minimum Gasteiger partial charge on any atom is -0.383 e. The predicted molar refractivity (Wildman–Crippen MR) is 98.7 cm³/mol. The fourth-order valence-corrected chi connectivity index (χ4v) is 2.91. The highest BCUT2D eigenvalue weighted by atomic mass is 35.5. The average molecular weight is 334 g/mol. The van der Waals surface area contributed by atoms with E-state index in [0.29, 0.717) is 16.3 Å². The number of halogens is 1. The van der Waals surface area contributed by atoms with Crippen molar-refractivity contribution in [3.8, 4) is 28.5 Å². The molecule has 3 aromatic rings. The van der Waals surface area contributed by atoms with Crippen LogP contribution in [0.15, 0.2) is 48.5 Å². The monoisotopic (exact) mass is 333 g/mol. The summed E-state index contributed by atoms with van der Waals surface area (Å²) >= 11 is 6.08. The molecule has 24 heavy (non-hydrogen) atoms. The maximum atomic E-state index is 9.54. The Morgan fingerprint density at radius 2 is 1.83 bits per heavy atom. The first-order valence-corrected chi connectivity index (χ1v) is 7.91. The van der Waals surface area contributed by atoms with Crippen LogP contribution in [0.4, 0.5) is 5.82 Å². The highest BCUT2D eigenvalue weighted by molar-refractivity contribution is 6.30. The first-order valence-electron chi connectivity index (χ1n) is 7.54. The molecule has 0 aliphatic rings. The van der Waals surface area contributed by atoms with Gasteiger partial charge in [-0.1, -0.05) is 47.5 Å². The fraction of sp³-hybridized carbons (Fsp3) is 0.100. The summed E-state index contributed by atoms with van der Waals surface area (Å²) in [4.78, 5) is 4.39. The maximum absolute atomic E-state index is 9.54. The summed E-state index contributed by atoms with van der Waals surface area (Å²) in [5, 5.41) is 10.2. The van der Waals surface area contributed by atoms with Gasteiger partial charge in [-0.15, -0.1) is 0 Å². The molecule has 2 N–H and O–H groups in total. The summed E-state index contributed by atoms with van der Waals surface area (Å²) in [6, 6.07) is 17.7. The third-order valence-electron chi connectivity index (χ3n) is 3.96. The van der Waals surface area contributed by atoms with Crippen LogP contribution >= 0.6 is 11.6 Å². The molecule has 0 atom stereocenters. The van der Waals surface area contributed by atoms with Crippen molar-refractivity contribution in [2.24, 2.45) is 0 Å². The predicted octanol–water partition coefficient (Wildman–Crippen LogP) is 5.14. The molecule has 0 fully saturated rings. The zero-order valence-corrected chi connectivity index (χ0v) is 14.2. The van der Waals surface area contributed by atoms with Crippen LogP contribution in [-0.4, -0.2) is 4.98 Å². The molecule has 1 heterocycles. The van der Waals surface area contributed by atoms with Gasteiger partial charge in [-0.3, -0.25) is 0 Å². The van der Waals surface area contributed by atoms with Gasteiger partial charge in [0.25, 0.3) is 0 Å². The molecule has 3 rings (SSSR count). The lowest BCUT2D eigenvalue weighted by Gasteiger charge is -2.13. The number of benzene rings is 2. The van der Waals surface area contributed by atoms with E-state index in [1.807, 2.05) is 56.3 Å². The largest absolute Gasteiger partial charge is 0.383 e.